The molecule has 0 radical (unpaired) electrons. The SMILES string of the molecule is Fc1cc(F)cc(CCNC2CCOC3(CCOC3)C2)c1. The van der Waals surface area contributed by atoms with E-state index in [1.165, 1.54) is 12.1 Å². The highest BCUT2D eigenvalue weighted by molar-refractivity contribution is 5.18. The second-order valence-corrected chi connectivity index (χ2v) is 6.01. The van der Waals surface area contributed by atoms with Crippen molar-refractivity contribution in [3.05, 3.63) is 35.4 Å². The minimum atomic E-state index is -0.516. The second-order valence-electron chi connectivity index (χ2n) is 6.01. The van der Waals surface area contributed by atoms with Crippen molar-refractivity contribution in [2.24, 2.45) is 0 Å². The molecule has 2 unspecified atom stereocenters. The van der Waals surface area contributed by atoms with Gasteiger partial charge in [0.1, 0.15) is 11.6 Å². The minimum Gasteiger partial charge on any atom is -0.378 e. The first-order valence-corrected chi connectivity index (χ1v) is 7.55. The Labute approximate surface area is 123 Å². The van der Waals surface area contributed by atoms with E-state index in [-0.39, 0.29) is 5.60 Å². The lowest BCUT2D eigenvalue weighted by atomic mass is 9.89. The number of hydrogen-bond donors (Lipinski definition) is 1. The highest BCUT2D eigenvalue weighted by Gasteiger charge is 2.40. The predicted molar refractivity (Wildman–Crippen MR) is 75.2 cm³/mol. The van der Waals surface area contributed by atoms with Gasteiger partial charge < -0.3 is 14.8 Å². The largest absolute Gasteiger partial charge is 0.378 e. The Morgan fingerprint density at radius 3 is 2.71 bits per heavy atom. The first kappa shape index (κ1) is 14.9. The fraction of sp³-hybridized carbons (Fsp3) is 0.625. The van der Waals surface area contributed by atoms with E-state index in [1.807, 2.05) is 0 Å². The van der Waals surface area contributed by atoms with E-state index in [4.69, 9.17) is 9.47 Å². The van der Waals surface area contributed by atoms with Crippen LogP contribution in [0.15, 0.2) is 18.2 Å². The zero-order chi connectivity index (χ0) is 14.7. The van der Waals surface area contributed by atoms with Crippen LogP contribution in [0.3, 0.4) is 0 Å². The standard InChI is InChI=1S/C16H21F2NO2/c17-13-7-12(8-14(18)9-13)1-4-19-15-2-5-21-16(10-15)3-6-20-11-16/h7-9,15,19H,1-6,10-11H2. The Morgan fingerprint density at radius 1 is 1.19 bits per heavy atom. The van der Waals surface area contributed by atoms with Crippen molar-refractivity contribution in [3.63, 3.8) is 0 Å². The number of nitrogens with one attached hydrogen (secondary N) is 1. The summed E-state index contributed by atoms with van der Waals surface area (Å²) in [4.78, 5) is 0. The van der Waals surface area contributed by atoms with Gasteiger partial charge in [0.2, 0.25) is 0 Å². The molecule has 3 nitrogen and oxygen atoms in total. The molecule has 2 atom stereocenters. The molecule has 2 saturated heterocycles. The lowest BCUT2D eigenvalue weighted by Gasteiger charge is -2.37. The average Bonchev–Trinajstić information content (AvgIpc) is 2.86. The molecule has 2 aliphatic heterocycles. The smallest absolute Gasteiger partial charge is 0.126 e. The van der Waals surface area contributed by atoms with Crippen LogP contribution in [0.25, 0.3) is 0 Å². The maximum Gasteiger partial charge on any atom is 0.126 e. The molecule has 1 N–H and O–H groups in total. The van der Waals surface area contributed by atoms with Crippen molar-refractivity contribution in [1.29, 1.82) is 0 Å². The molecule has 0 amide bonds. The molecule has 3 rings (SSSR count). The summed E-state index contributed by atoms with van der Waals surface area (Å²) in [5.74, 6) is -1.03. The van der Waals surface area contributed by atoms with Gasteiger partial charge in [-0.25, -0.2) is 8.78 Å². The first-order chi connectivity index (χ1) is 10.2. The van der Waals surface area contributed by atoms with E-state index in [2.05, 4.69) is 5.32 Å². The lowest BCUT2D eigenvalue weighted by Crippen LogP contribution is -2.47. The molecular formula is C16H21F2NO2. The molecule has 0 aromatic heterocycles. The molecule has 21 heavy (non-hydrogen) atoms. The normalized spacial score (nSPS) is 29.1. The maximum atomic E-state index is 13.1. The molecule has 1 aromatic carbocycles. The predicted octanol–water partition coefficient (Wildman–Crippen LogP) is 2.44. The summed E-state index contributed by atoms with van der Waals surface area (Å²) in [6.45, 7) is 2.91. The Bertz CT molecular complexity index is 469. The van der Waals surface area contributed by atoms with Gasteiger partial charge in [0.15, 0.2) is 0 Å². The van der Waals surface area contributed by atoms with E-state index in [0.717, 1.165) is 38.5 Å². The van der Waals surface area contributed by atoms with E-state index < -0.39 is 11.6 Å². The third kappa shape index (κ3) is 3.78. The van der Waals surface area contributed by atoms with Crippen LogP contribution >= 0.6 is 0 Å². The molecule has 1 spiro atoms. The van der Waals surface area contributed by atoms with Crippen molar-refractivity contribution in [2.75, 3.05) is 26.4 Å². The Hall–Kier alpha value is -1.04. The Balaban J connectivity index is 1.48. The van der Waals surface area contributed by atoms with Gasteiger partial charge in [-0.1, -0.05) is 0 Å². The van der Waals surface area contributed by atoms with E-state index >= 15 is 0 Å². The van der Waals surface area contributed by atoms with Crippen LogP contribution in [-0.4, -0.2) is 38.0 Å². The average molecular weight is 297 g/mol. The molecule has 2 aliphatic rings. The molecule has 0 saturated carbocycles. The quantitative estimate of drug-likeness (QED) is 0.926. The lowest BCUT2D eigenvalue weighted by molar-refractivity contribution is -0.0891. The Kier molecular flexibility index (Phi) is 4.52. The van der Waals surface area contributed by atoms with Crippen LogP contribution in [0.2, 0.25) is 0 Å². The monoisotopic (exact) mass is 297 g/mol. The van der Waals surface area contributed by atoms with E-state index in [9.17, 15) is 8.78 Å². The first-order valence-electron chi connectivity index (χ1n) is 7.55. The van der Waals surface area contributed by atoms with Crippen molar-refractivity contribution in [2.45, 2.75) is 37.3 Å². The molecule has 5 heteroatoms. The third-order valence-electron chi connectivity index (χ3n) is 4.33. The second kappa shape index (κ2) is 6.38. The van der Waals surface area contributed by atoms with Gasteiger partial charge in [-0.3, -0.25) is 0 Å². The van der Waals surface area contributed by atoms with Gasteiger partial charge >= 0.3 is 0 Å². The summed E-state index contributed by atoms with van der Waals surface area (Å²) >= 11 is 0. The molecule has 0 bridgehead atoms. The summed E-state index contributed by atoms with van der Waals surface area (Å²) in [6, 6.07) is 4.07. The molecule has 0 aliphatic carbocycles. The van der Waals surface area contributed by atoms with Gasteiger partial charge in [0.05, 0.1) is 12.2 Å². The maximum absolute atomic E-state index is 13.1. The molecule has 2 fully saturated rings. The van der Waals surface area contributed by atoms with E-state index in [0.29, 0.717) is 31.2 Å². The fourth-order valence-electron chi connectivity index (χ4n) is 3.24. The highest BCUT2D eigenvalue weighted by Crippen LogP contribution is 2.32. The van der Waals surface area contributed by atoms with Crippen LogP contribution in [-0.2, 0) is 15.9 Å². The van der Waals surface area contributed by atoms with Gasteiger partial charge in [0, 0.05) is 31.7 Å². The summed E-state index contributed by atoms with van der Waals surface area (Å²) in [7, 11) is 0. The fourth-order valence-corrected chi connectivity index (χ4v) is 3.24. The molecular weight excluding hydrogens is 276 g/mol. The zero-order valence-corrected chi connectivity index (χ0v) is 12.0. The highest BCUT2D eigenvalue weighted by atomic mass is 19.1. The summed E-state index contributed by atoms with van der Waals surface area (Å²) in [6.07, 6.45) is 3.50. The van der Waals surface area contributed by atoms with Crippen molar-refractivity contribution in [1.82, 2.24) is 5.32 Å². The number of rotatable bonds is 4. The summed E-state index contributed by atoms with van der Waals surface area (Å²) < 4.78 is 37.6. The van der Waals surface area contributed by atoms with Crippen molar-refractivity contribution in [3.8, 4) is 0 Å². The topological polar surface area (TPSA) is 30.5 Å². The minimum absolute atomic E-state index is 0.110. The molecule has 116 valence electrons. The van der Waals surface area contributed by atoms with Gasteiger partial charge in [-0.05, 0) is 43.5 Å². The summed E-state index contributed by atoms with van der Waals surface area (Å²) in [5.41, 5.74) is 0.576. The van der Waals surface area contributed by atoms with E-state index in [1.54, 1.807) is 0 Å². The van der Waals surface area contributed by atoms with Crippen molar-refractivity contribution < 1.29 is 18.3 Å². The van der Waals surface area contributed by atoms with Crippen LogP contribution in [0.4, 0.5) is 8.78 Å². The summed E-state index contributed by atoms with van der Waals surface area (Å²) in [5, 5.41) is 3.48. The van der Waals surface area contributed by atoms with Crippen LogP contribution in [0.1, 0.15) is 24.8 Å². The number of hydrogen-bond acceptors (Lipinski definition) is 3. The Morgan fingerprint density at radius 2 is 2.00 bits per heavy atom. The van der Waals surface area contributed by atoms with Gasteiger partial charge in [-0.2, -0.15) is 0 Å². The van der Waals surface area contributed by atoms with Gasteiger partial charge in [0.25, 0.3) is 0 Å². The number of halogens is 2. The van der Waals surface area contributed by atoms with Gasteiger partial charge in [-0.15, -0.1) is 0 Å². The number of benzene rings is 1. The van der Waals surface area contributed by atoms with Crippen LogP contribution < -0.4 is 5.32 Å². The number of ether oxygens (including phenoxy) is 2. The van der Waals surface area contributed by atoms with Crippen LogP contribution in [0.5, 0.6) is 0 Å². The van der Waals surface area contributed by atoms with Crippen molar-refractivity contribution >= 4 is 0 Å². The molecule has 1 aromatic rings. The zero-order valence-electron chi connectivity index (χ0n) is 12.0. The molecule has 2 heterocycles. The third-order valence-corrected chi connectivity index (χ3v) is 4.33. The van der Waals surface area contributed by atoms with Crippen LogP contribution in [0, 0.1) is 11.6 Å².